The highest BCUT2D eigenvalue weighted by molar-refractivity contribution is 5.79. The van der Waals surface area contributed by atoms with Gasteiger partial charge in [-0.15, -0.1) is 0 Å². The molecule has 7 nitrogen and oxygen atoms in total. The summed E-state index contributed by atoms with van der Waals surface area (Å²) in [5, 5.41) is 2.85. The van der Waals surface area contributed by atoms with E-state index in [1.807, 2.05) is 48.3 Å². The van der Waals surface area contributed by atoms with Gasteiger partial charge in [0.25, 0.3) is 0 Å². The second-order valence-electron chi connectivity index (χ2n) is 8.12. The third kappa shape index (κ3) is 6.88. The number of nitrogens with zero attached hydrogens (tertiary/aromatic N) is 3. The fourth-order valence-corrected chi connectivity index (χ4v) is 4.01. The Balaban J connectivity index is 1.54. The van der Waals surface area contributed by atoms with Gasteiger partial charge in [-0.25, -0.2) is 0 Å². The van der Waals surface area contributed by atoms with Crippen molar-refractivity contribution in [2.45, 2.75) is 6.04 Å². The van der Waals surface area contributed by atoms with Crippen LogP contribution in [0.3, 0.4) is 0 Å². The Morgan fingerprint density at radius 1 is 0.906 bits per heavy atom. The summed E-state index contributed by atoms with van der Waals surface area (Å²) in [4.78, 5) is 31.3. The number of hydrogen-bond acceptors (Lipinski definition) is 5. The Kier molecular flexibility index (Phi) is 9.22. The second kappa shape index (κ2) is 12.3. The molecule has 2 aromatic rings. The van der Waals surface area contributed by atoms with Crippen LogP contribution >= 0.6 is 0 Å². The van der Waals surface area contributed by atoms with Crippen LogP contribution in [0.1, 0.15) is 17.2 Å². The number of carbonyl (C=O) groups excluding carboxylic acids is 2. The van der Waals surface area contributed by atoms with Crippen molar-refractivity contribution in [3.8, 4) is 0 Å². The number of hydrogen-bond donors (Lipinski definition) is 1. The molecule has 0 atom stereocenters. The molecule has 172 valence electrons. The van der Waals surface area contributed by atoms with Crippen molar-refractivity contribution in [3.63, 3.8) is 0 Å². The van der Waals surface area contributed by atoms with Crippen LogP contribution in [-0.4, -0.2) is 93.1 Å². The lowest BCUT2D eigenvalue weighted by Gasteiger charge is -2.36. The minimum Gasteiger partial charge on any atom is -0.383 e. The average molecular weight is 439 g/mol. The highest BCUT2D eigenvalue weighted by Crippen LogP contribution is 2.27. The molecular weight excluding hydrogens is 404 g/mol. The minimum atomic E-state index is -0.123. The number of methoxy groups -OCH3 is 1. The first-order valence-electron chi connectivity index (χ1n) is 11.1. The predicted molar refractivity (Wildman–Crippen MR) is 125 cm³/mol. The van der Waals surface area contributed by atoms with Crippen molar-refractivity contribution >= 4 is 11.8 Å². The quantitative estimate of drug-likeness (QED) is 0.571. The van der Waals surface area contributed by atoms with Crippen LogP contribution in [0.5, 0.6) is 0 Å². The molecule has 1 heterocycles. The smallest absolute Gasteiger partial charge is 0.237 e. The number of likely N-dealkylation sites (N-methyl/N-ethyl adjacent to an activating group) is 1. The maximum Gasteiger partial charge on any atom is 0.237 e. The average Bonchev–Trinajstić information content (AvgIpc) is 2.82. The standard InChI is InChI=1S/C25H34N4O3/c1-27(25(21-9-5-3-6-10-21)22-11-7-4-8-12-22)24(31)20-29-16-14-28(15-17-29)19-23(30)26-13-18-32-2/h3-12,25H,13-20H2,1-2H3,(H,26,30). The first-order valence-corrected chi connectivity index (χ1v) is 11.1. The van der Waals surface area contributed by atoms with Crippen molar-refractivity contribution in [2.75, 3.05) is 66.6 Å². The van der Waals surface area contributed by atoms with E-state index in [9.17, 15) is 9.59 Å². The fraction of sp³-hybridized carbons (Fsp3) is 0.440. The summed E-state index contributed by atoms with van der Waals surface area (Å²) < 4.78 is 4.95. The van der Waals surface area contributed by atoms with Gasteiger partial charge >= 0.3 is 0 Å². The molecule has 0 aliphatic carbocycles. The zero-order valence-electron chi connectivity index (χ0n) is 19.1. The lowest BCUT2D eigenvalue weighted by molar-refractivity contribution is -0.133. The van der Waals surface area contributed by atoms with Crippen LogP contribution in [-0.2, 0) is 14.3 Å². The normalized spacial score (nSPS) is 15.0. The summed E-state index contributed by atoms with van der Waals surface area (Å²) in [5.41, 5.74) is 2.19. The van der Waals surface area contributed by atoms with E-state index in [2.05, 4.69) is 39.4 Å². The van der Waals surface area contributed by atoms with Gasteiger partial charge < -0.3 is 15.0 Å². The third-order valence-electron chi connectivity index (χ3n) is 5.83. The largest absolute Gasteiger partial charge is 0.383 e. The van der Waals surface area contributed by atoms with Gasteiger partial charge in [0.2, 0.25) is 11.8 Å². The summed E-state index contributed by atoms with van der Waals surface area (Å²) in [6.07, 6.45) is 0. The van der Waals surface area contributed by atoms with Crippen molar-refractivity contribution < 1.29 is 14.3 Å². The van der Waals surface area contributed by atoms with Gasteiger partial charge in [0.1, 0.15) is 0 Å². The minimum absolute atomic E-state index is 0.0138. The van der Waals surface area contributed by atoms with Gasteiger partial charge in [-0.3, -0.25) is 19.4 Å². The molecule has 0 bridgehead atoms. The Labute approximate surface area is 190 Å². The summed E-state index contributed by atoms with van der Waals surface area (Å²) in [7, 11) is 3.50. The summed E-state index contributed by atoms with van der Waals surface area (Å²) >= 11 is 0. The van der Waals surface area contributed by atoms with Gasteiger partial charge in [-0.1, -0.05) is 60.7 Å². The highest BCUT2D eigenvalue weighted by atomic mass is 16.5. The van der Waals surface area contributed by atoms with Gasteiger partial charge in [0.15, 0.2) is 0 Å². The Bertz CT molecular complexity index is 799. The molecule has 0 aromatic heterocycles. The molecule has 1 fully saturated rings. The number of rotatable bonds is 10. The molecule has 0 spiro atoms. The molecule has 0 unspecified atom stereocenters. The molecule has 7 heteroatoms. The highest BCUT2D eigenvalue weighted by Gasteiger charge is 2.26. The molecule has 2 amide bonds. The van der Waals surface area contributed by atoms with E-state index >= 15 is 0 Å². The SMILES string of the molecule is COCCNC(=O)CN1CCN(CC(=O)N(C)C(c2ccccc2)c2ccccc2)CC1. The first kappa shape index (κ1) is 23.9. The molecule has 0 radical (unpaired) electrons. The maximum atomic E-state index is 13.2. The summed E-state index contributed by atoms with van der Waals surface area (Å²) in [6, 6.07) is 20.2. The molecule has 3 rings (SSSR count). The fourth-order valence-electron chi connectivity index (χ4n) is 4.01. The van der Waals surface area contributed by atoms with E-state index < -0.39 is 0 Å². The Morgan fingerprint density at radius 2 is 1.41 bits per heavy atom. The number of carbonyl (C=O) groups is 2. The Hall–Kier alpha value is -2.74. The molecule has 32 heavy (non-hydrogen) atoms. The van der Waals surface area contributed by atoms with Crippen molar-refractivity contribution in [2.24, 2.45) is 0 Å². The van der Waals surface area contributed by atoms with Crippen LogP contribution in [0.4, 0.5) is 0 Å². The van der Waals surface area contributed by atoms with Gasteiger partial charge in [-0.05, 0) is 11.1 Å². The molecule has 1 aliphatic rings. The van der Waals surface area contributed by atoms with Crippen LogP contribution < -0.4 is 5.32 Å². The van der Waals surface area contributed by atoms with E-state index in [1.165, 1.54) is 0 Å². The second-order valence-corrected chi connectivity index (χ2v) is 8.12. The van der Waals surface area contributed by atoms with E-state index in [1.54, 1.807) is 7.11 Å². The van der Waals surface area contributed by atoms with Crippen molar-refractivity contribution in [1.29, 1.82) is 0 Å². The van der Waals surface area contributed by atoms with Gasteiger partial charge in [0.05, 0.1) is 25.7 Å². The van der Waals surface area contributed by atoms with Crippen LogP contribution in [0.2, 0.25) is 0 Å². The monoisotopic (exact) mass is 438 g/mol. The third-order valence-corrected chi connectivity index (χ3v) is 5.83. The molecule has 0 saturated carbocycles. The molecular formula is C25H34N4O3. The molecule has 1 saturated heterocycles. The molecule has 1 aliphatic heterocycles. The number of benzene rings is 2. The lowest BCUT2D eigenvalue weighted by atomic mass is 9.97. The van der Waals surface area contributed by atoms with Crippen LogP contribution in [0, 0.1) is 0 Å². The van der Waals surface area contributed by atoms with E-state index in [-0.39, 0.29) is 17.9 Å². The van der Waals surface area contributed by atoms with Gasteiger partial charge in [-0.2, -0.15) is 0 Å². The lowest BCUT2D eigenvalue weighted by Crippen LogP contribution is -2.52. The predicted octanol–water partition coefficient (Wildman–Crippen LogP) is 1.61. The molecule has 1 N–H and O–H groups in total. The van der Waals surface area contributed by atoms with E-state index in [4.69, 9.17) is 4.74 Å². The van der Waals surface area contributed by atoms with E-state index in [0.29, 0.717) is 26.2 Å². The topological polar surface area (TPSA) is 65.1 Å². The first-order chi connectivity index (χ1) is 15.6. The zero-order chi connectivity index (χ0) is 22.8. The van der Waals surface area contributed by atoms with Crippen molar-refractivity contribution in [1.82, 2.24) is 20.0 Å². The summed E-state index contributed by atoms with van der Waals surface area (Å²) in [6.45, 7) is 4.89. The van der Waals surface area contributed by atoms with Crippen LogP contribution in [0.15, 0.2) is 60.7 Å². The van der Waals surface area contributed by atoms with Gasteiger partial charge in [0, 0.05) is 46.9 Å². The number of amides is 2. The number of piperazine rings is 1. The zero-order valence-corrected chi connectivity index (χ0v) is 19.1. The molecule has 2 aromatic carbocycles. The van der Waals surface area contributed by atoms with Crippen LogP contribution in [0.25, 0.3) is 0 Å². The van der Waals surface area contributed by atoms with Crippen molar-refractivity contribution in [3.05, 3.63) is 71.8 Å². The van der Waals surface area contributed by atoms with E-state index in [0.717, 1.165) is 37.3 Å². The maximum absolute atomic E-state index is 13.2. The Morgan fingerprint density at radius 3 is 1.91 bits per heavy atom. The number of ether oxygens (including phenoxy) is 1. The number of nitrogens with one attached hydrogen (secondary N) is 1. The summed E-state index contributed by atoms with van der Waals surface area (Å²) in [5.74, 6) is 0.105.